The number of aromatic nitrogens is 3. The normalized spacial score (nSPS) is 11.8. The number of para-hydroxylation sites is 1. The summed E-state index contributed by atoms with van der Waals surface area (Å²) >= 11 is 1.10. The number of amides is 1. The number of hydrogen-bond acceptors (Lipinski definition) is 5. The molecule has 2 aromatic heterocycles. The lowest BCUT2D eigenvalue weighted by Crippen LogP contribution is -2.18. The van der Waals surface area contributed by atoms with Crippen molar-refractivity contribution in [3.8, 4) is 0 Å². The molecule has 0 spiro atoms. The van der Waals surface area contributed by atoms with E-state index in [1.807, 2.05) is 24.5 Å². The van der Waals surface area contributed by atoms with Crippen LogP contribution in [0.5, 0.6) is 0 Å². The molecule has 1 N–H and O–H groups in total. The minimum absolute atomic E-state index is 0.0966. The first-order chi connectivity index (χ1) is 13.8. The average molecular weight is 424 g/mol. The Balaban J connectivity index is 1.71. The van der Waals surface area contributed by atoms with E-state index in [1.54, 1.807) is 12.3 Å². The van der Waals surface area contributed by atoms with Crippen LogP contribution in [0.3, 0.4) is 0 Å². The molecule has 1 aromatic carbocycles. The Bertz CT molecular complexity index is 968. The number of thioether (sulfide) groups is 1. The van der Waals surface area contributed by atoms with Crippen LogP contribution in [0.15, 0.2) is 52.2 Å². The van der Waals surface area contributed by atoms with Gasteiger partial charge in [-0.3, -0.25) is 9.36 Å². The largest absolute Gasteiger partial charge is 0.467 e. The number of halogens is 3. The monoisotopic (exact) mass is 424 g/mol. The van der Waals surface area contributed by atoms with Gasteiger partial charge in [0.05, 0.1) is 29.8 Å². The molecule has 0 bridgehead atoms. The molecular formula is C19H19F3N4O2S. The molecule has 0 aliphatic rings. The minimum Gasteiger partial charge on any atom is -0.467 e. The van der Waals surface area contributed by atoms with E-state index in [0.29, 0.717) is 17.5 Å². The molecule has 0 saturated carbocycles. The van der Waals surface area contributed by atoms with Gasteiger partial charge in [-0.05, 0) is 24.3 Å². The molecule has 154 valence electrons. The van der Waals surface area contributed by atoms with Crippen LogP contribution in [0, 0.1) is 0 Å². The molecule has 0 unspecified atom stereocenters. The maximum absolute atomic E-state index is 13.1. The standard InChI is InChI=1S/C19H19F3N4O2S/c1-12(2)17-24-25-18(26(17)10-13-6-5-9-28-13)29-11-16(27)23-15-8-4-3-7-14(15)19(20,21)22/h3-9,12H,10-11H2,1-2H3,(H,23,27). The van der Waals surface area contributed by atoms with Gasteiger partial charge in [0.1, 0.15) is 11.6 Å². The number of nitrogens with one attached hydrogen (secondary N) is 1. The first-order valence-corrected chi connectivity index (χ1v) is 9.78. The lowest BCUT2D eigenvalue weighted by Gasteiger charge is -2.13. The maximum Gasteiger partial charge on any atom is 0.418 e. The van der Waals surface area contributed by atoms with Gasteiger partial charge in [-0.2, -0.15) is 13.2 Å². The predicted molar refractivity (Wildman–Crippen MR) is 103 cm³/mol. The third-order valence-electron chi connectivity index (χ3n) is 3.99. The number of alkyl halides is 3. The van der Waals surface area contributed by atoms with E-state index in [2.05, 4.69) is 15.5 Å². The van der Waals surface area contributed by atoms with Gasteiger partial charge in [-0.25, -0.2) is 0 Å². The van der Waals surface area contributed by atoms with Crippen molar-refractivity contribution in [2.24, 2.45) is 0 Å². The van der Waals surface area contributed by atoms with Crippen molar-refractivity contribution in [1.29, 1.82) is 0 Å². The summed E-state index contributed by atoms with van der Waals surface area (Å²) in [5, 5.41) is 11.1. The third-order valence-corrected chi connectivity index (χ3v) is 4.96. The molecule has 0 saturated heterocycles. The highest BCUT2D eigenvalue weighted by Gasteiger charge is 2.33. The fraction of sp³-hybridized carbons (Fsp3) is 0.316. The van der Waals surface area contributed by atoms with Crippen molar-refractivity contribution in [3.05, 3.63) is 59.8 Å². The number of hydrogen-bond donors (Lipinski definition) is 1. The van der Waals surface area contributed by atoms with Crippen LogP contribution in [0.25, 0.3) is 0 Å². The number of rotatable bonds is 7. The van der Waals surface area contributed by atoms with E-state index in [9.17, 15) is 18.0 Å². The fourth-order valence-electron chi connectivity index (χ4n) is 2.70. The van der Waals surface area contributed by atoms with Crippen LogP contribution in [0.1, 0.15) is 36.9 Å². The summed E-state index contributed by atoms with van der Waals surface area (Å²) < 4.78 is 46.4. The molecule has 6 nitrogen and oxygen atoms in total. The molecule has 0 aliphatic carbocycles. The summed E-state index contributed by atoms with van der Waals surface area (Å²) in [5.74, 6) is 0.856. The zero-order chi connectivity index (χ0) is 21.0. The second-order valence-electron chi connectivity index (χ2n) is 6.54. The zero-order valence-corrected chi connectivity index (χ0v) is 16.5. The lowest BCUT2D eigenvalue weighted by atomic mass is 10.1. The van der Waals surface area contributed by atoms with Gasteiger partial charge in [0, 0.05) is 5.92 Å². The Morgan fingerprint density at radius 3 is 2.62 bits per heavy atom. The molecule has 0 radical (unpaired) electrons. The van der Waals surface area contributed by atoms with E-state index in [0.717, 1.165) is 23.7 Å². The van der Waals surface area contributed by atoms with Gasteiger partial charge in [0.2, 0.25) is 5.91 Å². The van der Waals surface area contributed by atoms with Crippen LogP contribution >= 0.6 is 11.8 Å². The lowest BCUT2D eigenvalue weighted by molar-refractivity contribution is -0.137. The highest BCUT2D eigenvalue weighted by molar-refractivity contribution is 7.99. The van der Waals surface area contributed by atoms with Crippen LogP contribution in [0.4, 0.5) is 18.9 Å². The number of anilines is 1. The Hall–Kier alpha value is -2.75. The number of carbonyl (C=O) groups is 1. The Morgan fingerprint density at radius 2 is 1.97 bits per heavy atom. The zero-order valence-electron chi connectivity index (χ0n) is 15.7. The van der Waals surface area contributed by atoms with E-state index in [4.69, 9.17) is 4.42 Å². The Kier molecular flexibility index (Phi) is 6.31. The number of nitrogens with zero attached hydrogens (tertiary/aromatic N) is 3. The minimum atomic E-state index is -4.55. The molecule has 3 rings (SSSR count). The number of furan rings is 1. The maximum atomic E-state index is 13.1. The highest BCUT2D eigenvalue weighted by atomic mass is 32.2. The molecule has 0 fully saturated rings. The number of benzene rings is 1. The molecule has 1 amide bonds. The predicted octanol–water partition coefficient (Wildman–Crippen LogP) is 4.79. The summed E-state index contributed by atoms with van der Waals surface area (Å²) in [7, 11) is 0. The summed E-state index contributed by atoms with van der Waals surface area (Å²) in [6.45, 7) is 4.34. The second-order valence-corrected chi connectivity index (χ2v) is 7.48. The summed E-state index contributed by atoms with van der Waals surface area (Å²) in [6, 6.07) is 8.45. The Labute approximate surface area is 169 Å². The summed E-state index contributed by atoms with van der Waals surface area (Å²) in [5.41, 5.74) is -1.16. The van der Waals surface area contributed by atoms with Crippen molar-refractivity contribution in [2.75, 3.05) is 11.1 Å². The second kappa shape index (κ2) is 8.73. The molecule has 2 heterocycles. The van der Waals surface area contributed by atoms with Crippen molar-refractivity contribution < 1.29 is 22.4 Å². The van der Waals surface area contributed by atoms with E-state index >= 15 is 0 Å². The number of carbonyl (C=O) groups excluding carboxylic acids is 1. The van der Waals surface area contributed by atoms with Gasteiger partial charge in [0.25, 0.3) is 0 Å². The summed E-state index contributed by atoms with van der Waals surface area (Å²) in [6.07, 6.45) is -2.99. The van der Waals surface area contributed by atoms with E-state index in [1.165, 1.54) is 18.2 Å². The van der Waals surface area contributed by atoms with Crippen molar-refractivity contribution >= 4 is 23.4 Å². The van der Waals surface area contributed by atoms with Crippen LogP contribution < -0.4 is 5.32 Å². The van der Waals surface area contributed by atoms with Gasteiger partial charge < -0.3 is 9.73 Å². The van der Waals surface area contributed by atoms with Gasteiger partial charge in [-0.15, -0.1) is 10.2 Å². The van der Waals surface area contributed by atoms with Crippen molar-refractivity contribution in [3.63, 3.8) is 0 Å². The molecule has 0 atom stereocenters. The van der Waals surface area contributed by atoms with Gasteiger partial charge in [-0.1, -0.05) is 37.7 Å². The highest BCUT2D eigenvalue weighted by Crippen LogP contribution is 2.34. The Morgan fingerprint density at radius 1 is 1.21 bits per heavy atom. The first kappa shape index (κ1) is 21.0. The average Bonchev–Trinajstić information content (AvgIpc) is 3.30. The quantitative estimate of drug-likeness (QED) is 0.552. The summed E-state index contributed by atoms with van der Waals surface area (Å²) in [4.78, 5) is 12.3. The SMILES string of the molecule is CC(C)c1nnc(SCC(=O)Nc2ccccc2C(F)(F)F)n1Cc1ccco1. The van der Waals surface area contributed by atoms with Crippen LogP contribution in [-0.4, -0.2) is 26.4 Å². The van der Waals surface area contributed by atoms with Crippen molar-refractivity contribution in [1.82, 2.24) is 14.8 Å². The van der Waals surface area contributed by atoms with Gasteiger partial charge in [0.15, 0.2) is 5.16 Å². The van der Waals surface area contributed by atoms with E-state index < -0.39 is 17.6 Å². The molecule has 0 aliphatic heterocycles. The van der Waals surface area contributed by atoms with E-state index in [-0.39, 0.29) is 17.4 Å². The molecule has 3 aromatic rings. The van der Waals surface area contributed by atoms with Crippen LogP contribution in [0.2, 0.25) is 0 Å². The molecular weight excluding hydrogens is 405 g/mol. The first-order valence-electron chi connectivity index (χ1n) is 8.80. The van der Waals surface area contributed by atoms with Crippen LogP contribution in [-0.2, 0) is 17.5 Å². The fourth-order valence-corrected chi connectivity index (χ4v) is 3.44. The third kappa shape index (κ3) is 5.20. The van der Waals surface area contributed by atoms with Gasteiger partial charge >= 0.3 is 6.18 Å². The molecule has 29 heavy (non-hydrogen) atoms. The molecule has 10 heteroatoms. The topological polar surface area (TPSA) is 73.0 Å². The smallest absolute Gasteiger partial charge is 0.418 e. The van der Waals surface area contributed by atoms with Crippen molar-refractivity contribution in [2.45, 2.75) is 37.6 Å².